The van der Waals surface area contributed by atoms with Crippen LogP contribution in [0.15, 0.2) is 24.3 Å². The van der Waals surface area contributed by atoms with E-state index in [0.717, 1.165) is 5.56 Å². The molecule has 1 saturated heterocycles. The molecule has 0 aromatic heterocycles. The van der Waals surface area contributed by atoms with Gasteiger partial charge in [0.15, 0.2) is 0 Å². The normalized spacial score (nSPS) is 24.2. The Morgan fingerprint density at radius 1 is 1.33 bits per heavy atom. The number of rotatable bonds is 2. The van der Waals surface area contributed by atoms with Crippen molar-refractivity contribution in [3.05, 3.63) is 35.4 Å². The zero-order valence-electron chi connectivity index (χ0n) is 10.9. The van der Waals surface area contributed by atoms with Crippen molar-refractivity contribution in [3.8, 4) is 0 Å². The van der Waals surface area contributed by atoms with Gasteiger partial charge >= 0.3 is 5.97 Å². The van der Waals surface area contributed by atoms with Crippen LogP contribution in [0.1, 0.15) is 37.3 Å². The molecule has 0 unspecified atom stereocenters. The van der Waals surface area contributed by atoms with Crippen molar-refractivity contribution in [3.63, 3.8) is 0 Å². The van der Waals surface area contributed by atoms with E-state index in [0.29, 0.717) is 6.54 Å². The first-order valence-electron chi connectivity index (χ1n) is 6.10. The maximum Gasteiger partial charge on any atom is 0.318 e. The van der Waals surface area contributed by atoms with E-state index in [-0.39, 0.29) is 16.0 Å². The molecule has 1 aliphatic heterocycles. The number of hydrogen-bond donors (Lipinski definition) is 2. The minimum Gasteiger partial charge on any atom is -0.480 e. The van der Waals surface area contributed by atoms with Crippen LogP contribution in [0.2, 0.25) is 0 Å². The number of thioether (sulfide) groups is 1. The van der Waals surface area contributed by atoms with Gasteiger partial charge in [-0.05, 0) is 16.5 Å². The Kier molecular flexibility index (Phi) is 3.69. The van der Waals surface area contributed by atoms with Crippen LogP contribution in [-0.2, 0) is 10.2 Å². The fourth-order valence-electron chi connectivity index (χ4n) is 1.97. The summed E-state index contributed by atoms with van der Waals surface area (Å²) in [5.74, 6) is -0.735. The lowest BCUT2D eigenvalue weighted by Gasteiger charge is -2.20. The lowest BCUT2D eigenvalue weighted by molar-refractivity contribution is -0.136. The van der Waals surface area contributed by atoms with Gasteiger partial charge in [-0.3, -0.25) is 10.1 Å². The first-order chi connectivity index (χ1) is 8.38. The molecule has 98 valence electrons. The van der Waals surface area contributed by atoms with Gasteiger partial charge < -0.3 is 5.11 Å². The van der Waals surface area contributed by atoms with Gasteiger partial charge in [0.05, 0.1) is 5.37 Å². The molecule has 18 heavy (non-hydrogen) atoms. The molecule has 1 aromatic carbocycles. The third-order valence-corrected chi connectivity index (χ3v) is 4.55. The number of carboxylic acid groups (broad SMARTS) is 1. The SMILES string of the molecule is CC(C)(C)c1ccc([C@H]2NC[C@@H](C(=O)O)S2)cc1. The maximum atomic E-state index is 10.9. The Morgan fingerprint density at radius 3 is 2.39 bits per heavy atom. The summed E-state index contributed by atoms with van der Waals surface area (Å²) in [6.07, 6.45) is 0. The van der Waals surface area contributed by atoms with Gasteiger partial charge in [0.2, 0.25) is 0 Å². The average Bonchev–Trinajstić information content (AvgIpc) is 2.77. The molecule has 0 radical (unpaired) electrons. The summed E-state index contributed by atoms with van der Waals surface area (Å²) in [4.78, 5) is 10.9. The van der Waals surface area contributed by atoms with Crippen LogP contribution < -0.4 is 5.32 Å². The molecule has 4 heteroatoms. The van der Waals surface area contributed by atoms with Crippen molar-refractivity contribution in [2.45, 2.75) is 36.8 Å². The van der Waals surface area contributed by atoms with Crippen LogP contribution in [-0.4, -0.2) is 22.9 Å². The minimum absolute atomic E-state index is 0.0973. The van der Waals surface area contributed by atoms with Crippen molar-refractivity contribution in [1.29, 1.82) is 0 Å². The fraction of sp³-hybridized carbons (Fsp3) is 0.500. The van der Waals surface area contributed by atoms with Crippen LogP contribution in [0.25, 0.3) is 0 Å². The summed E-state index contributed by atoms with van der Waals surface area (Å²) in [6.45, 7) is 7.09. The van der Waals surface area contributed by atoms with Crippen LogP contribution in [0.3, 0.4) is 0 Å². The van der Waals surface area contributed by atoms with Crippen molar-refractivity contribution in [2.24, 2.45) is 0 Å². The van der Waals surface area contributed by atoms with Gasteiger partial charge in [0.25, 0.3) is 0 Å². The highest BCUT2D eigenvalue weighted by molar-refractivity contribution is 8.01. The number of benzene rings is 1. The van der Waals surface area contributed by atoms with Crippen LogP contribution in [0.5, 0.6) is 0 Å². The molecule has 2 N–H and O–H groups in total. The summed E-state index contributed by atoms with van der Waals surface area (Å²) in [6, 6.07) is 8.45. The van der Waals surface area contributed by atoms with Crippen molar-refractivity contribution in [2.75, 3.05) is 6.54 Å². The number of aliphatic carboxylic acids is 1. The number of carbonyl (C=O) groups is 1. The van der Waals surface area contributed by atoms with Gasteiger partial charge in [-0.1, -0.05) is 45.0 Å². The van der Waals surface area contributed by atoms with Crippen LogP contribution in [0.4, 0.5) is 0 Å². The van der Waals surface area contributed by atoms with Crippen LogP contribution in [0, 0.1) is 0 Å². The number of nitrogens with one attached hydrogen (secondary N) is 1. The quantitative estimate of drug-likeness (QED) is 0.863. The van der Waals surface area contributed by atoms with E-state index >= 15 is 0 Å². The second-order valence-electron chi connectivity index (χ2n) is 5.62. The van der Waals surface area contributed by atoms with Gasteiger partial charge in [0.1, 0.15) is 5.25 Å². The Morgan fingerprint density at radius 2 is 1.94 bits per heavy atom. The average molecular weight is 265 g/mol. The van der Waals surface area contributed by atoms with E-state index < -0.39 is 5.97 Å². The van der Waals surface area contributed by atoms with E-state index in [1.807, 2.05) is 0 Å². The van der Waals surface area contributed by atoms with E-state index in [9.17, 15) is 4.79 Å². The molecule has 1 aliphatic rings. The highest BCUT2D eigenvalue weighted by Crippen LogP contribution is 2.35. The molecule has 0 bridgehead atoms. The van der Waals surface area contributed by atoms with E-state index in [2.05, 4.69) is 50.4 Å². The largest absolute Gasteiger partial charge is 0.480 e. The molecule has 1 aromatic rings. The van der Waals surface area contributed by atoms with Crippen molar-refractivity contribution >= 4 is 17.7 Å². The predicted octanol–water partition coefficient (Wildman–Crippen LogP) is 2.77. The second kappa shape index (κ2) is 4.94. The maximum absolute atomic E-state index is 10.9. The van der Waals surface area contributed by atoms with E-state index in [1.54, 1.807) is 0 Å². The molecule has 2 atom stereocenters. The molecule has 2 rings (SSSR count). The summed E-state index contributed by atoms with van der Waals surface area (Å²) in [5, 5.41) is 12.0. The summed E-state index contributed by atoms with van der Waals surface area (Å²) in [5.41, 5.74) is 2.60. The lowest BCUT2D eigenvalue weighted by atomic mass is 9.87. The van der Waals surface area contributed by atoms with E-state index in [4.69, 9.17) is 5.11 Å². The standard InChI is InChI=1S/C14H19NO2S/c1-14(2,3)10-6-4-9(5-7-10)12-15-8-11(18-12)13(16)17/h4-7,11-12,15H,8H2,1-3H3,(H,16,17)/t11-,12-/m0/s1. The molecule has 1 heterocycles. The third-order valence-electron chi connectivity index (χ3n) is 3.14. The summed E-state index contributed by atoms with van der Waals surface area (Å²) < 4.78 is 0. The predicted molar refractivity (Wildman–Crippen MR) is 74.9 cm³/mol. The Balaban J connectivity index is 2.10. The highest BCUT2D eigenvalue weighted by Gasteiger charge is 2.30. The topological polar surface area (TPSA) is 49.3 Å². The van der Waals surface area contributed by atoms with Crippen molar-refractivity contribution < 1.29 is 9.90 Å². The molecule has 0 saturated carbocycles. The minimum atomic E-state index is -0.735. The monoisotopic (exact) mass is 265 g/mol. The Labute approximate surface area is 112 Å². The van der Waals surface area contributed by atoms with Gasteiger partial charge in [-0.2, -0.15) is 0 Å². The molecule has 0 spiro atoms. The highest BCUT2D eigenvalue weighted by atomic mass is 32.2. The molecular weight excluding hydrogens is 246 g/mol. The van der Waals surface area contributed by atoms with E-state index in [1.165, 1.54) is 17.3 Å². The zero-order valence-corrected chi connectivity index (χ0v) is 11.8. The first kappa shape index (κ1) is 13.4. The Bertz CT molecular complexity index is 436. The second-order valence-corrected chi connectivity index (χ2v) is 6.94. The van der Waals surface area contributed by atoms with Gasteiger partial charge in [-0.25, -0.2) is 0 Å². The smallest absolute Gasteiger partial charge is 0.318 e. The fourth-order valence-corrected chi connectivity index (χ4v) is 3.12. The molecule has 3 nitrogen and oxygen atoms in total. The summed E-state index contributed by atoms with van der Waals surface area (Å²) >= 11 is 1.47. The molecule has 0 amide bonds. The molecule has 1 fully saturated rings. The lowest BCUT2D eigenvalue weighted by Crippen LogP contribution is -2.21. The van der Waals surface area contributed by atoms with Gasteiger partial charge in [0, 0.05) is 6.54 Å². The first-order valence-corrected chi connectivity index (χ1v) is 7.04. The number of hydrogen-bond acceptors (Lipinski definition) is 3. The van der Waals surface area contributed by atoms with Crippen molar-refractivity contribution in [1.82, 2.24) is 5.32 Å². The Hall–Kier alpha value is -1.00. The van der Waals surface area contributed by atoms with Gasteiger partial charge in [-0.15, -0.1) is 11.8 Å². The van der Waals surface area contributed by atoms with Crippen LogP contribution >= 0.6 is 11.8 Å². The third kappa shape index (κ3) is 2.87. The molecule has 0 aliphatic carbocycles. The zero-order chi connectivity index (χ0) is 13.3. The summed E-state index contributed by atoms with van der Waals surface area (Å²) in [7, 11) is 0. The number of carboxylic acids is 1. The molecular formula is C14H19NO2S.